The summed E-state index contributed by atoms with van der Waals surface area (Å²) in [5.74, 6) is 0. The molecule has 0 saturated carbocycles. The van der Waals surface area contributed by atoms with Gasteiger partial charge < -0.3 is 15.0 Å². The number of hydrogen-bond acceptors (Lipinski definition) is 3. The molecule has 1 fully saturated rings. The zero-order valence-corrected chi connectivity index (χ0v) is 12.7. The SMILES string of the molecule is CCc1cc(Br)ccc1NCC1CN(C)CCO1. The predicted molar refractivity (Wildman–Crippen MR) is 79.2 cm³/mol. The van der Waals surface area contributed by atoms with E-state index in [4.69, 9.17) is 4.74 Å². The Hall–Kier alpha value is -0.580. The van der Waals surface area contributed by atoms with Crippen LogP contribution in [0.5, 0.6) is 0 Å². The molecule has 0 radical (unpaired) electrons. The van der Waals surface area contributed by atoms with Crippen molar-refractivity contribution in [3.05, 3.63) is 28.2 Å². The average molecular weight is 313 g/mol. The number of likely N-dealkylation sites (N-methyl/N-ethyl adjacent to an activating group) is 1. The Morgan fingerprint density at radius 1 is 1.50 bits per heavy atom. The Labute approximate surface area is 118 Å². The highest BCUT2D eigenvalue weighted by molar-refractivity contribution is 9.10. The van der Waals surface area contributed by atoms with Crippen LogP contribution in [0.25, 0.3) is 0 Å². The van der Waals surface area contributed by atoms with E-state index < -0.39 is 0 Å². The van der Waals surface area contributed by atoms with E-state index in [2.05, 4.69) is 58.3 Å². The lowest BCUT2D eigenvalue weighted by Gasteiger charge is -2.30. The zero-order valence-electron chi connectivity index (χ0n) is 11.1. The van der Waals surface area contributed by atoms with Crippen LogP contribution in [-0.2, 0) is 11.2 Å². The molecule has 0 amide bonds. The van der Waals surface area contributed by atoms with Gasteiger partial charge in [0.05, 0.1) is 12.7 Å². The Bertz CT molecular complexity index is 397. The van der Waals surface area contributed by atoms with Gasteiger partial charge >= 0.3 is 0 Å². The van der Waals surface area contributed by atoms with Crippen LogP contribution in [0.2, 0.25) is 0 Å². The highest BCUT2D eigenvalue weighted by atomic mass is 79.9. The number of halogens is 1. The molecule has 0 spiro atoms. The van der Waals surface area contributed by atoms with Crippen LogP contribution in [0.4, 0.5) is 5.69 Å². The summed E-state index contributed by atoms with van der Waals surface area (Å²) in [6.45, 7) is 5.93. The number of ether oxygens (including phenoxy) is 1. The van der Waals surface area contributed by atoms with E-state index in [1.54, 1.807) is 0 Å². The smallest absolute Gasteiger partial charge is 0.0874 e. The second kappa shape index (κ2) is 6.55. The van der Waals surface area contributed by atoms with Crippen molar-refractivity contribution in [2.24, 2.45) is 0 Å². The lowest BCUT2D eigenvalue weighted by molar-refractivity contribution is -0.0117. The number of morpholine rings is 1. The average Bonchev–Trinajstić information content (AvgIpc) is 2.37. The van der Waals surface area contributed by atoms with Crippen LogP contribution < -0.4 is 5.32 Å². The van der Waals surface area contributed by atoms with Crippen molar-refractivity contribution in [3.63, 3.8) is 0 Å². The number of rotatable bonds is 4. The molecule has 1 atom stereocenters. The third-order valence-corrected chi connectivity index (χ3v) is 3.80. The molecular weight excluding hydrogens is 292 g/mol. The summed E-state index contributed by atoms with van der Waals surface area (Å²) in [7, 11) is 2.15. The van der Waals surface area contributed by atoms with E-state index in [0.29, 0.717) is 0 Å². The lowest BCUT2D eigenvalue weighted by Crippen LogP contribution is -2.43. The van der Waals surface area contributed by atoms with Crippen molar-refractivity contribution >= 4 is 21.6 Å². The van der Waals surface area contributed by atoms with Crippen LogP contribution in [0.15, 0.2) is 22.7 Å². The maximum atomic E-state index is 5.75. The van der Waals surface area contributed by atoms with Crippen molar-refractivity contribution in [3.8, 4) is 0 Å². The molecule has 1 aliphatic rings. The second-order valence-corrected chi connectivity index (χ2v) is 5.71. The van der Waals surface area contributed by atoms with E-state index in [0.717, 1.165) is 37.1 Å². The molecule has 18 heavy (non-hydrogen) atoms. The molecule has 0 aliphatic carbocycles. The standard InChI is InChI=1S/C14H21BrN2O/c1-3-11-8-12(15)4-5-14(11)16-9-13-10-17(2)6-7-18-13/h4-5,8,13,16H,3,6-7,9-10H2,1-2H3. The van der Waals surface area contributed by atoms with Crippen molar-refractivity contribution < 1.29 is 4.74 Å². The molecule has 1 aliphatic heterocycles. The number of anilines is 1. The number of nitrogens with zero attached hydrogens (tertiary/aromatic N) is 1. The summed E-state index contributed by atoms with van der Waals surface area (Å²) >= 11 is 3.51. The first kappa shape index (κ1) is 13.8. The van der Waals surface area contributed by atoms with Crippen LogP contribution in [0, 0.1) is 0 Å². The third-order valence-electron chi connectivity index (χ3n) is 3.31. The van der Waals surface area contributed by atoms with Crippen molar-refractivity contribution in [2.75, 3.05) is 38.6 Å². The number of aryl methyl sites for hydroxylation is 1. The molecule has 4 heteroatoms. The number of benzene rings is 1. The predicted octanol–water partition coefficient (Wildman–Crippen LogP) is 2.75. The van der Waals surface area contributed by atoms with Gasteiger partial charge in [-0.3, -0.25) is 0 Å². The molecule has 0 aromatic heterocycles. The maximum absolute atomic E-state index is 5.75. The fourth-order valence-corrected chi connectivity index (χ4v) is 2.65. The fourth-order valence-electron chi connectivity index (χ4n) is 2.24. The van der Waals surface area contributed by atoms with Gasteiger partial charge in [0.15, 0.2) is 0 Å². The minimum absolute atomic E-state index is 0.289. The van der Waals surface area contributed by atoms with Gasteiger partial charge in [-0.1, -0.05) is 22.9 Å². The molecule has 1 N–H and O–H groups in total. The minimum atomic E-state index is 0.289. The Morgan fingerprint density at radius 3 is 3.06 bits per heavy atom. The van der Waals surface area contributed by atoms with Gasteiger partial charge in [-0.15, -0.1) is 0 Å². The first-order valence-corrected chi connectivity index (χ1v) is 7.30. The Morgan fingerprint density at radius 2 is 2.33 bits per heavy atom. The quantitative estimate of drug-likeness (QED) is 0.925. The van der Waals surface area contributed by atoms with Gasteiger partial charge in [0.1, 0.15) is 0 Å². The molecular formula is C14H21BrN2O. The molecule has 1 unspecified atom stereocenters. The van der Waals surface area contributed by atoms with Crippen LogP contribution in [-0.4, -0.2) is 44.3 Å². The Kier molecular flexibility index (Phi) is 5.03. The van der Waals surface area contributed by atoms with Gasteiger partial charge in [-0.2, -0.15) is 0 Å². The summed E-state index contributed by atoms with van der Waals surface area (Å²) in [6.07, 6.45) is 1.32. The molecule has 1 heterocycles. The monoisotopic (exact) mass is 312 g/mol. The number of hydrogen-bond donors (Lipinski definition) is 1. The van der Waals surface area contributed by atoms with E-state index in [9.17, 15) is 0 Å². The molecule has 1 aromatic carbocycles. The lowest BCUT2D eigenvalue weighted by atomic mass is 10.1. The van der Waals surface area contributed by atoms with Crippen molar-refractivity contribution in [1.29, 1.82) is 0 Å². The summed E-state index contributed by atoms with van der Waals surface area (Å²) < 4.78 is 6.89. The maximum Gasteiger partial charge on any atom is 0.0874 e. The Balaban J connectivity index is 1.93. The molecule has 0 bridgehead atoms. The van der Waals surface area contributed by atoms with E-state index in [1.165, 1.54) is 11.3 Å². The second-order valence-electron chi connectivity index (χ2n) is 4.79. The largest absolute Gasteiger partial charge is 0.382 e. The topological polar surface area (TPSA) is 24.5 Å². The molecule has 1 saturated heterocycles. The summed E-state index contributed by atoms with van der Waals surface area (Å²) in [5.41, 5.74) is 2.56. The van der Waals surface area contributed by atoms with E-state index >= 15 is 0 Å². The first-order chi connectivity index (χ1) is 8.69. The minimum Gasteiger partial charge on any atom is -0.382 e. The fraction of sp³-hybridized carbons (Fsp3) is 0.571. The normalized spacial score (nSPS) is 20.9. The van der Waals surface area contributed by atoms with Gasteiger partial charge in [0.25, 0.3) is 0 Å². The van der Waals surface area contributed by atoms with Gasteiger partial charge in [-0.25, -0.2) is 0 Å². The van der Waals surface area contributed by atoms with E-state index in [1.807, 2.05) is 0 Å². The van der Waals surface area contributed by atoms with Crippen LogP contribution in [0.3, 0.4) is 0 Å². The highest BCUT2D eigenvalue weighted by Crippen LogP contribution is 2.21. The van der Waals surface area contributed by atoms with Crippen molar-refractivity contribution in [1.82, 2.24) is 4.90 Å². The summed E-state index contributed by atoms with van der Waals surface area (Å²) in [5, 5.41) is 3.51. The molecule has 1 aromatic rings. The third kappa shape index (κ3) is 3.70. The van der Waals surface area contributed by atoms with Crippen LogP contribution >= 0.6 is 15.9 Å². The van der Waals surface area contributed by atoms with E-state index in [-0.39, 0.29) is 6.10 Å². The number of nitrogens with one attached hydrogen (secondary N) is 1. The zero-order chi connectivity index (χ0) is 13.0. The molecule has 100 valence electrons. The van der Waals surface area contributed by atoms with Gasteiger partial charge in [0, 0.05) is 29.8 Å². The highest BCUT2D eigenvalue weighted by Gasteiger charge is 2.17. The summed E-state index contributed by atoms with van der Waals surface area (Å²) in [4.78, 5) is 2.32. The first-order valence-electron chi connectivity index (χ1n) is 6.51. The summed E-state index contributed by atoms with van der Waals surface area (Å²) in [6, 6.07) is 6.39. The van der Waals surface area contributed by atoms with Gasteiger partial charge in [0.2, 0.25) is 0 Å². The van der Waals surface area contributed by atoms with Crippen LogP contribution in [0.1, 0.15) is 12.5 Å². The van der Waals surface area contributed by atoms with Crippen molar-refractivity contribution in [2.45, 2.75) is 19.4 Å². The molecule has 2 rings (SSSR count). The molecule has 3 nitrogen and oxygen atoms in total. The van der Waals surface area contributed by atoms with Gasteiger partial charge in [-0.05, 0) is 37.2 Å².